The van der Waals surface area contributed by atoms with Gasteiger partial charge >= 0.3 is 17.6 Å². The number of aliphatic carboxylic acids is 2. The third-order valence-corrected chi connectivity index (χ3v) is 2.11. The number of carboxylic acid groups (broad SMARTS) is 2. The zero-order valence-corrected chi connectivity index (χ0v) is 9.65. The van der Waals surface area contributed by atoms with E-state index in [0.29, 0.717) is 0 Å². The van der Waals surface area contributed by atoms with Gasteiger partial charge in [-0.2, -0.15) is 0 Å². The molecule has 0 fully saturated rings. The zero-order chi connectivity index (χ0) is 14.4. The molecule has 102 valence electrons. The molecule has 1 rings (SSSR count). The summed E-state index contributed by atoms with van der Waals surface area (Å²) in [4.78, 5) is 47.3. The lowest BCUT2D eigenvalue weighted by Crippen LogP contribution is -2.44. The van der Waals surface area contributed by atoms with Crippen molar-refractivity contribution in [1.29, 1.82) is 0 Å². The Bertz CT molecular complexity index is 552. The van der Waals surface area contributed by atoms with E-state index < -0.39 is 42.5 Å². The molecule has 0 aliphatic carbocycles. The second kappa shape index (κ2) is 6.28. The average Bonchev–Trinajstić information content (AvgIpc) is 2.30. The monoisotopic (exact) mass is 269 g/mol. The van der Waals surface area contributed by atoms with Crippen LogP contribution < -0.4 is 11.0 Å². The number of hydrogen-bond acceptors (Lipinski definition) is 5. The van der Waals surface area contributed by atoms with Gasteiger partial charge < -0.3 is 15.5 Å². The first-order valence-corrected chi connectivity index (χ1v) is 5.15. The molecule has 1 aromatic heterocycles. The van der Waals surface area contributed by atoms with E-state index in [1.54, 1.807) is 0 Å². The van der Waals surface area contributed by atoms with Crippen molar-refractivity contribution in [3.63, 3.8) is 0 Å². The van der Waals surface area contributed by atoms with E-state index >= 15 is 0 Å². The SMILES string of the molecule is O=C(O)C[C@@H](NC(=O)Cn1cccnc1=O)C(=O)O. The highest BCUT2D eigenvalue weighted by Gasteiger charge is 2.23. The van der Waals surface area contributed by atoms with Crippen LogP contribution in [0.2, 0.25) is 0 Å². The van der Waals surface area contributed by atoms with Gasteiger partial charge in [0, 0.05) is 12.4 Å². The molecular weight excluding hydrogens is 258 g/mol. The Hall–Kier alpha value is -2.71. The number of nitrogens with zero attached hydrogens (tertiary/aromatic N) is 2. The Morgan fingerprint density at radius 3 is 2.58 bits per heavy atom. The van der Waals surface area contributed by atoms with Gasteiger partial charge in [-0.25, -0.2) is 14.6 Å². The van der Waals surface area contributed by atoms with Crippen LogP contribution in [0, 0.1) is 0 Å². The number of carbonyl (C=O) groups is 3. The highest BCUT2D eigenvalue weighted by atomic mass is 16.4. The predicted molar refractivity (Wildman–Crippen MR) is 60.3 cm³/mol. The van der Waals surface area contributed by atoms with E-state index in [2.05, 4.69) is 4.98 Å². The largest absolute Gasteiger partial charge is 0.481 e. The smallest absolute Gasteiger partial charge is 0.347 e. The van der Waals surface area contributed by atoms with E-state index in [1.165, 1.54) is 18.5 Å². The fourth-order valence-corrected chi connectivity index (χ4v) is 1.28. The van der Waals surface area contributed by atoms with E-state index in [9.17, 15) is 19.2 Å². The first-order valence-electron chi connectivity index (χ1n) is 5.15. The molecule has 19 heavy (non-hydrogen) atoms. The molecule has 9 nitrogen and oxygen atoms in total. The van der Waals surface area contributed by atoms with Crippen molar-refractivity contribution in [2.24, 2.45) is 0 Å². The number of carbonyl (C=O) groups excluding carboxylic acids is 1. The molecule has 0 saturated carbocycles. The van der Waals surface area contributed by atoms with Crippen LogP contribution in [0.3, 0.4) is 0 Å². The fraction of sp³-hybridized carbons (Fsp3) is 0.300. The van der Waals surface area contributed by atoms with Gasteiger partial charge in [-0.1, -0.05) is 0 Å². The minimum Gasteiger partial charge on any atom is -0.481 e. The molecule has 0 aromatic carbocycles. The van der Waals surface area contributed by atoms with Gasteiger partial charge in [0.15, 0.2) is 0 Å². The maximum atomic E-state index is 11.5. The first kappa shape index (κ1) is 14.4. The Balaban J connectivity index is 2.68. The lowest BCUT2D eigenvalue weighted by molar-refractivity contribution is -0.147. The number of amides is 1. The third kappa shape index (κ3) is 4.58. The number of carboxylic acids is 2. The summed E-state index contributed by atoms with van der Waals surface area (Å²) in [6.07, 6.45) is 1.81. The lowest BCUT2D eigenvalue weighted by Gasteiger charge is -2.12. The highest BCUT2D eigenvalue weighted by Crippen LogP contribution is 1.93. The molecule has 1 aromatic rings. The predicted octanol–water partition coefficient (Wildman–Crippen LogP) is -1.71. The molecule has 3 N–H and O–H groups in total. The number of hydrogen-bond donors (Lipinski definition) is 3. The number of nitrogens with one attached hydrogen (secondary N) is 1. The summed E-state index contributed by atoms with van der Waals surface area (Å²) in [6, 6.07) is -0.113. The van der Waals surface area contributed by atoms with Crippen molar-refractivity contribution in [1.82, 2.24) is 14.9 Å². The lowest BCUT2D eigenvalue weighted by atomic mass is 10.2. The first-order chi connectivity index (χ1) is 8.90. The molecule has 0 unspecified atom stereocenters. The Morgan fingerprint density at radius 1 is 1.37 bits per heavy atom. The highest BCUT2D eigenvalue weighted by molar-refractivity contribution is 5.86. The Kier molecular flexibility index (Phi) is 4.75. The number of rotatable bonds is 6. The summed E-state index contributed by atoms with van der Waals surface area (Å²) >= 11 is 0. The summed E-state index contributed by atoms with van der Waals surface area (Å²) in [5.41, 5.74) is -0.664. The van der Waals surface area contributed by atoms with Gasteiger partial charge in [0.1, 0.15) is 12.6 Å². The second-order valence-corrected chi connectivity index (χ2v) is 3.59. The van der Waals surface area contributed by atoms with Gasteiger partial charge in [0.2, 0.25) is 5.91 Å². The van der Waals surface area contributed by atoms with E-state index in [1.807, 2.05) is 5.32 Å². The summed E-state index contributed by atoms with van der Waals surface area (Å²) < 4.78 is 0.967. The molecule has 0 aliphatic heterocycles. The molecule has 1 atom stereocenters. The fourth-order valence-electron chi connectivity index (χ4n) is 1.28. The average molecular weight is 269 g/mol. The van der Waals surface area contributed by atoms with Gasteiger partial charge in [0.25, 0.3) is 0 Å². The minimum absolute atomic E-state index is 0.434. The second-order valence-electron chi connectivity index (χ2n) is 3.59. The van der Waals surface area contributed by atoms with E-state index in [-0.39, 0.29) is 0 Å². The summed E-state index contributed by atoms with van der Waals surface area (Å²) in [6.45, 7) is -0.434. The number of aromatic nitrogens is 2. The third-order valence-electron chi connectivity index (χ3n) is 2.11. The maximum Gasteiger partial charge on any atom is 0.347 e. The molecule has 9 heteroatoms. The van der Waals surface area contributed by atoms with E-state index in [4.69, 9.17) is 10.2 Å². The van der Waals surface area contributed by atoms with Crippen molar-refractivity contribution in [3.8, 4) is 0 Å². The molecular formula is C10H11N3O6. The van der Waals surface area contributed by atoms with Gasteiger partial charge in [-0.15, -0.1) is 0 Å². The van der Waals surface area contributed by atoms with Crippen LogP contribution in [-0.2, 0) is 20.9 Å². The molecule has 0 bridgehead atoms. The molecule has 0 saturated heterocycles. The van der Waals surface area contributed by atoms with Gasteiger partial charge in [-0.3, -0.25) is 14.2 Å². The maximum absolute atomic E-state index is 11.5. The molecule has 0 radical (unpaired) electrons. The van der Waals surface area contributed by atoms with Crippen molar-refractivity contribution >= 4 is 17.8 Å². The van der Waals surface area contributed by atoms with Crippen molar-refractivity contribution in [3.05, 3.63) is 28.9 Å². The van der Waals surface area contributed by atoms with Gasteiger partial charge in [0.05, 0.1) is 6.42 Å². The summed E-state index contributed by atoms with van der Waals surface area (Å²) in [7, 11) is 0. The van der Waals surface area contributed by atoms with Crippen molar-refractivity contribution in [2.45, 2.75) is 19.0 Å². The molecule has 0 spiro atoms. The Labute approximate surface area is 106 Å². The van der Waals surface area contributed by atoms with Crippen LogP contribution in [0.1, 0.15) is 6.42 Å². The standard InChI is InChI=1S/C10H11N3O6/c14-7(5-13-3-1-2-11-10(13)19)12-6(9(17)18)4-8(15)16/h1-3,6H,4-5H2,(H,12,14)(H,15,16)(H,17,18)/t6-/m1/s1. The topological polar surface area (TPSA) is 139 Å². The Morgan fingerprint density at radius 2 is 2.05 bits per heavy atom. The van der Waals surface area contributed by atoms with Crippen LogP contribution in [0.25, 0.3) is 0 Å². The zero-order valence-electron chi connectivity index (χ0n) is 9.65. The minimum atomic E-state index is -1.54. The molecule has 0 aliphatic rings. The van der Waals surface area contributed by atoms with Crippen LogP contribution in [-0.4, -0.2) is 43.7 Å². The van der Waals surface area contributed by atoms with Crippen LogP contribution in [0.5, 0.6) is 0 Å². The quantitative estimate of drug-likeness (QED) is 0.558. The van der Waals surface area contributed by atoms with Gasteiger partial charge in [-0.05, 0) is 6.07 Å². The molecule has 1 heterocycles. The van der Waals surface area contributed by atoms with Crippen LogP contribution >= 0.6 is 0 Å². The van der Waals surface area contributed by atoms with Crippen molar-refractivity contribution in [2.75, 3.05) is 0 Å². The molecule has 1 amide bonds. The van der Waals surface area contributed by atoms with E-state index in [0.717, 1.165) is 4.57 Å². The van der Waals surface area contributed by atoms with Crippen molar-refractivity contribution < 1.29 is 24.6 Å². The summed E-state index contributed by atoms with van der Waals surface area (Å²) in [5, 5.41) is 19.2. The van der Waals surface area contributed by atoms with Crippen LogP contribution in [0.4, 0.5) is 0 Å². The van der Waals surface area contributed by atoms with Crippen LogP contribution in [0.15, 0.2) is 23.3 Å². The summed E-state index contributed by atoms with van der Waals surface area (Å²) in [5.74, 6) is -3.61. The normalized spacial score (nSPS) is 11.6.